The van der Waals surface area contributed by atoms with Crippen LogP contribution in [0.25, 0.3) is 11.2 Å². The van der Waals surface area contributed by atoms with Gasteiger partial charge in [0.05, 0.1) is 6.04 Å². The van der Waals surface area contributed by atoms with Crippen LogP contribution in [0.4, 0.5) is 0 Å². The van der Waals surface area contributed by atoms with E-state index in [2.05, 4.69) is 21.5 Å². The van der Waals surface area contributed by atoms with E-state index in [1.165, 1.54) is 0 Å². The van der Waals surface area contributed by atoms with E-state index in [0.29, 0.717) is 0 Å². The molecule has 2 N–H and O–H groups in total. The first kappa shape index (κ1) is 15.2. The molecule has 0 radical (unpaired) electrons. The Balaban J connectivity index is 0.00000112. The van der Waals surface area contributed by atoms with Crippen LogP contribution in [0.5, 0.6) is 0 Å². The number of nitrogens with two attached hydrogens (primary N) is 1. The Kier molecular flexibility index (Phi) is 5.72. The van der Waals surface area contributed by atoms with Crippen LogP contribution in [-0.4, -0.2) is 14.5 Å². The number of aryl methyl sites for hydroxylation is 1. The standard InChI is InChI=1S/C10H14N4.2ClH/c1-3-14-9(7(2)11)13-8-5-4-6-12-10(8)14;;/h4-7H,3,11H2,1-2H3;2*1H. The highest BCUT2D eigenvalue weighted by Crippen LogP contribution is 2.16. The number of halogens is 2. The number of imidazole rings is 1. The largest absolute Gasteiger partial charge is 0.322 e. The molecule has 2 aromatic rings. The lowest BCUT2D eigenvalue weighted by Gasteiger charge is -2.07. The third-order valence-corrected chi connectivity index (χ3v) is 2.26. The molecular formula is C10H16Cl2N4. The highest BCUT2D eigenvalue weighted by atomic mass is 35.5. The third kappa shape index (κ3) is 2.45. The monoisotopic (exact) mass is 262 g/mol. The molecule has 1 atom stereocenters. The second kappa shape index (κ2) is 6.03. The van der Waals surface area contributed by atoms with Crippen molar-refractivity contribution in [1.82, 2.24) is 14.5 Å². The Morgan fingerprint density at radius 3 is 2.69 bits per heavy atom. The van der Waals surface area contributed by atoms with Crippen molar-refractivity contribution in [2.24, 2.45) is 5.73 Å². The van der Waals surface area contributed by atoms with Crippen molar-refractivity contribution in [3.05, 3.63) is 24.2 Å². The van der Waals surface area contributed by atoms with E-state index in [0.717, 1.165) is 23.5 Å². The summed E-state index contributed by atoms with van der Waals surface area (Å²) in [6, 6.07) is 3.80. The van der Waals surface area contributed by atoms with Crippen LogP contribution >= 0.6 is 24.8 Å². The quantitative estimate of drug-likeness (QED) is 0.904. The molecule has 0 amide bonds. The summed E-state index contributed by atoms with van der Waals surface area (Å²) in [6.07, 6.45) is 1.78. The minimum absolute atomic E-state index is 0. The summed E-state index contributed by atoms with van der Waals surface area (Å²) in [6.45, 7) is 4.86. The fourth-order valence-corrected chi connectivity index (χ4v) is 1.64. The zero-order valence-electron chi connectivity index (χ0n) is 9.25. The van der Waals surface area contributed by atoms with Gasteiger partial charge in [0.1, 0.15) is 11.3 Å². The first-order chi connectivity index (χ1) is 6.74. The predicted octanol–water partition coefficient (Wildman–Crippen LogP) is 2.31. The van der Waals surface area contributed by atoms with Crippen molar-refractivity contribution in [2.75, 3.05) is 0 Å². The van der Waals surface area contributed by atoms with Crippen molar-refractivity contribution in [1.29, 1.82) is 0 Å². The number of hydrogen-bond donors (Lipinski definition) is 1. The van der Waals surface area contributed by atoms with Crippen LogP contribution in [0.15, 0.2) is 18.3 Å². The lowest BCUT2D eigenvalue weighted by atomic mass is 10.3. The zero-order valence-corrected chi connectivity index (χ0v) is 10.9. The lowest BCUT2D eigenvalue weighted by Crippen LogP contribution is -2.13. The summed E-state index contributed by atoms with van der Waals surface area (Å²) in [4.78, 5) is 8.76. The maximum Gasteiger partial charge on any atom is 0.160 e. The molecule has 0 aliphatic heterocycles. The van der Waals surface area contributed by atoms with Gasteiger partial charge in [-0.05, 0) is 26.0 Å². The SMILES string of the molecule is CCn1c(C(C)N)nc2cccnc21.Cl.Cl. The van der Waals surface area contributed by atoms with Crippen LogP contribution in [0.3, 0.4) is 0 Å². The average Bonchev–Trinajstić information content (AvgIpc) is 2.56. The van der Waals surface area contributed by atoms with Crippen molar-refractivity contribution in [2.45, 2.75) is 26.4 Å². The molecule has 0 aliphatic carbocycles. The molecule has 2 heterocycles. The Morgan fingerprint density at radius 1 is 1.44 bits per heavy atom. The fourth-order valence-electron chi connectivity index (χ4n) is 1.64. The number of pyridine rings is 1. The van der Waals surface area contributed by atoms with E-state index in [-0.39, 0.29) is 30.9 Å². The maximum absolute atomic E-state index is 5.84. The lowest BCUT2D eigenvalue weighted by molar-refractivity contribution is 0.646. The molecule has 0 bridgehead atoms. The Bertz CT molecular complexity index is 453. The van der Waals surface area contributed by atoms with Gasteiger partial charge in [0.15, 0.2) is 5.65 Å². The van der Waals surface area contributed by atoms with Crippen molar-refractivity contribution in [3.8, 4) is 0 Å². The highest BCUT2D eigenvalue weighted by molar-refractivity contribution is 5.85. The Hall–Kier alpha value is -0.840. The van der Waals surface area contributed by atoms with Gasteiger partial charge in [0.25, 0.3) is 0 Å². The topological polar surface area (TPSA) is 56.7 Å². The summed E-state index contributed by atoms with van der Waals surface area (Å²) in [5.41, 5.74) is 7.68. The summed E-state index contributed by atoms with van der Waals surface area (Å²) in [5, 5.41) is 0. The minimum atomic E-state index is -0.0517. The van der Waals surface area contributed by atoms with Crippen molar-refractivity contribution >= 4 is 36.0 Å². The van der Waals surface area contributed by atoms with E-state index < -0.39 is 0 Å². The van der Waals surface area contributed by atoms with Gasteiger partial charge in [-0.25, -0.2) is 9.97 Å². The molecule has 0 aromatic carbocycles. The Morgan fingerprint density at radius 2 is 2.12 bits per heavy atom. The average molecular weight is 263 g/mol. The van der Waals surface area contributed by atoms with E-state index >= 15 is 0 Å². The number of nitrogens with zero attached hydrogens (tertiary/aromatic N) is 3. The summed E-state index contributed by atoms with van der Waals surface area (Å²) >= 11 is 0. The number of rotatable bonds is 2. The summed E-state index contributed by atoms with van der Waals surface area (Å²) < 4.78 is 2.06. The van der Waals surface area contributed by atoms with Gasteiger partial charge in [-0.2, -0.15) is 0 Å². The molecule has 4 nitrogen and oxygen atoms in total. The van der Waals surface area contributed by atoms with Gasteiger partial charge in [-0.1, -0.05) is 0 Å². The van der Waals surface area contributed by atoms with Crippen LogP contribution in [0.2, 0.25) is 0 Å². The van der Waals surface area contributed by atoms with Gasteiger partial charge in [0.2, 0.25) is 0 Å². The molecule has 1 unspecified atom stereocenters. The zero-order chi connectivity index (χ0) is 10.1. The number of fused-ring (bicyclic) bond motifs is 1. The number of aromatic nitrogens is 3. The molecule has 0 saturated carbocycles. The van der Waals surface area contributed by atoms with E-state index in [1.807, 2.05) is 19.1 Å². The molecule has 0 spiro atoms. The molecule has 2 rings (SSSR count). The normalized spacial score (nSPS) is 11.7. The van der Waals surface area contributed by atoms with Crippen LogP contribution in [0, 0.1) is 0 Å². The second-order valence-corrected chi connectivity index (χ2v) is 3.35. The molecule has 6 heteroatoms. The molecule has 90 valence electrons. The summed E-state index contributed by atoms with van der Waals surface area (Å²) in [7, 11) is 0. The molecule has 0 saturated heterocycles. The molecule has 0 fully saturated rings. The molecule has 16 heavy (non-hydrogen) atoms. The van der Waals surface area contributed by atoms with Gasteiger partial charge >= 0.3 is 0 Å². The van der Waals surface area contributed by atoms with Crippen LogP contribution in [-0.2, 0) is 6.54 Å². The maximum atomic E-state index is 5.84. The highest BCUT2D eigenvalue weighted by Gasteiger charge is 2.12. The van der Waals surface area contributed by atoms with Gasteiger partial charge < -0.3 is 10.3 Å². The van der Waals surface area contributed by atoms with Gasteiger partial charge in [-0.15, -0.1) is 24.8 Å². The van der Waals surface area contributed by atoms with Gasteiger partial charge in [0, 0.05) is 12.7 Å². The molecule has 2 aromatic heterocycles. The van der Waals surface area contributed by atoms with Crippen molar-refractivity contribution in [3.63, 3.8) is 0 Å². The second-order valence-electron chi connectivity index (χ2n) is 3.35. The van der Waals surface area contributed by atoms with Crippen LogP contribution in [0.1, 0.15) is 25.7 Å². The summed E-state index contributed by atoms with van der Waals surface area (Å²) in [5.74, 6) is 0.904. The van der Waals surface area contributed by atoms with Gasteiger partial charge in [-0.3, -0.25) is 0 Å². The van der Waals surface area contributed by atoms with E-state index in [9.17, 15) is 0 Å². The Labute approximate surface area is 107 Å². The predicted molar refractivity (Wildman–Crippen MR) is 70.3 cm³/mol. The van der Waals surface area contributed by atoms with E-state index in [1.54, 1.807) is 6.20 Å². The third-order valence-electron chi connectivity index (χ3n) is 2.26. The van der Waals surface area contributed by atoms with E-state index in [4.69, 9.17) is 5.73 Å². The minimum Gasteiger partial charge on any atom is -0.322 e. The first-order valence-corrected chi connectivity index (χ1v) is 4.80. The fraction of sp³-hybridized carbons (Fsp3) is 0.400. The molecule has 0 aliphatic rings. The smallest absolute Gasteiger partial charge is 0.160 e. The number of hydrogen-bond acceptors (Lipinski definition) is 3. The first-order valence-electron chi connectivity index (χ1n) is 4.80. The van der Waals surface area contributed by atoms with Crippen molar-refractivity contribution < 1.29 is 0 Å². The van der Waals surface area contributed by atoms with Crippen LogP contribution < -0.4 is 5.73 Å². The molecular weight excluding hydrogens is 247 g/mol.